The number of aromatic nitrogens is 1. The van der Waals surface area contributed by atoms with E-state index in [4.69, 9.17) is 5.26 Å². The summed E-state index contributed by atoms with van der Waals surface area (Å²) in [5.41, 5.74) is 3.26. The molecule has 3 rings (SSSR count). The first-order valence-electron chi connectivity index (χ1n) is 9.12. The van der Waals surface area contributed by atoms with E-state index in [1.54, 1.807) is 12.4 Å². The number of amides is 1. The van der Waals surface area contributed by atoms with Gasteiger partial charge in [0.1, 0.15) is 0 Å². The van der Waals surface area contributed by atoms with Gasteiger partial charge in [-0.3, -0.25) is 9.78 Å². The van der Waals surface area contributed by atoms with Gasteiger partial charge < -0.3 is 10.2 Å². The van der Waals surface area contributed by atoms with Crippen LogP contribution >= 0.6 is 0 Å². The van der Waals surface area contributed by atoms with Crippen LogP contribution in [0.2, 0.25) is 0 Å². The summed E-state index contributed by atoms with van der Waals surface area (Å²) in [5, 5.41) is 11.8. The first kappa shape index (κ1) is 18.1. The second kappa shape index (κ2) is 9.12. The molecule has 1 N–H and O–H groups in total. The second-order valence-electron chi connectivity index (χ2n) is 6.77. The maximum absolute atomic E-state index is 12.6. The smallest absolute Gasteiger partial charge is 0.228 e. The van der Waals surface area contributed by atoms with Crippen LogP contribution in [0.15, 0.2) is 48.8 Å². The summed E-state index contributed by atoms with van der Waals surface area (Å²) in [5.74, 6) is 0.0764. The number of nitrogens with zero attached hydrogens (tertiary/aromatic N) is 3. The van der Waals surface area contributed by atoms with Crippen molar-refractivity contribution in [2.45, 2.75) is 25.7 Å². The van der Waals surface area contributed by atoms with Crippen LogP contribution in [0.5, 0.6) is 0 Å². The Balaban J connectivity index is 1.53. The van der Waals surface area contributed by atoms with Gasteiger partial charge in [0, 0.05) is 37.6 Å². The number of rotatable bonds is 6. The van der Waals surface area contributed by atoms with Crippen LogP contribution in [0.1, 0.15) is 30.4 Å². The van der Waals surface area contributed by atoms with E-state index >= 15 is 0 Å². The molecule has 0 aliphatic carbocycles. The quantitative estimate of drug-likeness (QED) is 0.870. The second-order valence-corrected chi connectivity index (χ2v) is 6.77. The van der Waals surface area contributed by atoms with Gasteiger partial charge in [-0.2, -0.15) is 5.26 Å². The van der Waals surface area contributed by atoms with Crippen molar-refractivity contribution in [3.05, 3.63) is 59.9 Å². The van der Waals surface area contributed by atoms with Gasteiger partial charge in [0.25, 0.3) is 0 Å². The fourth-order valence-electron chi connectivity index (χ4n) is 3.37. The Morgan fingerprint density at radius 2 is 1.92 bits per heavy atom. The number of nitrogens with one attached hydrogen (secondary N) is 1. The predicted molar refractivity (Wildman–Crippen MR) is 102 cm³/mol. The average molecular weight is 348 g/mol. The largest absolute Gasteiger partial charge is 0.326 e. The summed E-state index contributed by atoms with van der Waals surface area (Å²) >= 11 is 0. The van der Waals surface area contributed by atoms with E-state index in [9.17, 15) is 4.79 Å². The summed E-state index contributed by atoms with van der Waals surface area (Å²) in [6, 6.07) is 14.2. The minimum atomic E-state index is -0.000983. The lowest BCUT2D eigenvalue weighted by atomic mass is 9.97. The van der Waals surface area contributed by atoms with Crippen LogP contribution in [-0.4, -0.2) is 35.4 Å². The fraction of sp³-hybridized carbons (Fsp3) is 0.381. The van der Waals surface area contributed by atoms with Crippen molar-refractivity contribution in [1.29, 1.82) is 5.26 Å². The Kier molecular flexibility index (Phi) is 6.34. The lowest BCUT2D eigenvalue weighted by Gasteiger charge is -2.31. The molecule has 0 bridgehead atoms. The molecule has 1 atom stereocenters. The normalized spacial score (nSPS) is 17.4. The number of hydrogen-bond donors (Lipinski definition) is 1. The highest BCUT2D eigenvalue weighted by molar-refractivity contribution is 5.92. The lowest BCUT2D eigenvalue weighted by Crippen LogP contribution is -2.41. The molecule has 2 aromatic rings. The molecule has 0 radical (unpaired) electrons. The van der Waals surface area contributed by atoms with E-state index in [2.05, 4.69) is 33.4 Å². The number of anilines is 1. The van der Waals surface area contributed by atoms with Gasteiger partial charge in [0.15, 0.2) is 0 Å². The number of carbonyl (C=O) groups excluding carboxylic acids is 1. The molecule has 134 valence electrons. The van der Waals surface area contributed by atoms with E-state index in [1.807, 2.05) is 24.3 Å². The Bertz CT molecular complexity index is 752. The van der Waals surface area contributed by atoms with Gasteiger partial charge in [0.2, 0.25) is 5.91 Å². The first-order chi connectivity index (χ1) is 12.7. The van der Waals surface area contributed by atoms with Gasteiger partial charge in [-0.1, -0.05) is 12.1 Å². The van der Waals surface area contributed by atoms with Crippen molar-refractivity contribution in [3.8, 4) is 6.07 Å². The maximum Gasteiger partial charge on any atom is 0.228 e. The summed E-state index contributed by atoms with van der Waals surface area (Å²) in [6.07, 6.45) is 6.89. The minimum absolute atomic E-state index is 0.000983. The highest BCUT2D eigenvalue weighted by atomic mass is 16.1. The van der Waals surface area contributed by atoms with Crippen molar-refractivity contribution >= 4 is 11.6 Å². The Labute approximate surface area is 154 Å². The molecule has 0 saturated carbocycles. The van der Waals surface area contributed by atoms with Gasteiger partial charge in [0.05, 0.1) is 12.0 Å². The van der Waals surface area contributed by atoms with E-state index in [1.165, 1.54) is 11.1 Å². The average Bonchev–Trinajstić information content (AvgIpc) is 2.69. The third-order valence-corrected chi connectivity index (χ3v) is 4.80. The van der Waals surface area contributed by atoms with Gasteiger partial charge in [-0.05, 0) is 61.2 Å². The molecule has 5 nitrogen and oxygen atoms in total. The number of nitriles is 1. The van der Waals surface area contributed by atoms with E-state index in [0.717, 1.165) is 44.6 Å². The number of pyridine rings is 1. The number of likely N-dealkylation sites (tertiary alicyclic amines) is 1. The van der Waals surface area contributed by atoms with Crippen LogP contribution in [0.4, 0.5) is 5.69 Å². The summed E-state index contributed by atoms with van der Waals surface area (Å²) in [6.45, 7) is 2.48. The molecule has 1 unspecified atom stereocenters. The zero-order valence-electron chi connectivity index (χ0n) is 14.9. The number of hydrogen-bond acceptors (Lipinski definition) is 4. The molecule has 2 heterocycles. The molecule has 1 aliphatic rings. The molecule has 5 heteroatoms. The fourth-order valence-corrected chi connectivity index (χ4v) is 3.37. The van der Waals surface area contributed by atoms with Crippen LogP contribution < -0.4 is 5.32 Å². The Hall–Kier alpha value is -2.71. The van der Waals surface area contributed by atoms with E-state index < -0.39 is 0 Å². The summed E-state index contributed by atoms with van der Waals surface area (Å²) in [4.78, 5) is 18.8. The topological polar surface area (TPSA) is 69.0 Å². The Morgan fingerprint density at radius 3 is 2.65 bits per heavy atom. The summed E-state index contributed by atoms with van der Waals surface area (Å²) < 4.78 is 0. The zero-order chi connectivity index (χ0) is 18.2. The number of piperidine rings is 1. The number of carbonyl (C=O) groups is 1. The maximum atomic E-state index is 12.6. The third-order valence-electron chi connectivity index (χ3n) is 4.80. The molecule has 0 spiro atoms. The molecular weight excluding hydrogens is 324 g/mol. The monoisotopic (exact) mass is 348 g/mol. The van der Waals surface area contributed by atoms with Crippen molar-refractivity contribution in [2.24, 2.45) is 5.92 Å². The van der Waals surface area contributed by atoms with Crippen molar-refractivity contribution < 1.29 is 4.79 Å². The standard InChI is InChI=1S/C21H24N4O/c22-10-2-14-25-13-1-3-19(16-25)21(26)24-20-6-4-17(5-7-20)15-18-8-11-23-12-9-18/h4-9,11-12,19H,1-3,13-16H2,(H,24,26). The van der Waals surface area contributed by atoms with Crippen molar-refractivity contribution in [3.63, 3.8) is 0 Å². The highest BCUT2D eigenvalue weighted by Crippen LogP contribution is 2.20. The van der Waals surface area contributed by atoms with Crippen LogP contribution in [0.3, 0.4) is 0 Å². The van der Waals surface area contributed by atoms with E-state index in [0.29, 0.717) is 6.42 Å². The van der Waals surface area contributed by atoms with Crippen molar-refractivity contribution in [2.75, 3.05) is 25.0 Å². The van der Waals surface area contributed by atoms with Crippen LogP contribution in [0, 0.1) is 17.2 Å². The minimum Gasteiger partial charge on any atom is -0.326 e. The van der Waals surface area contributed by atoms with Crippen molar-refractivity contribution in [1.82, 2.24) is 9.88 Å². The predicted octanol–water partition coefficient (Wildman–Crippen LogP) is 3.24. The van der Waals surface area contributed by atoms with Crippen LogP contribution in [-0.2, 0) is 11.2 Å². The van der Waals surface area contributed by atoms with Crippen LogP contribution in [0.25, 0.3) is 0 Å². The van der Waals surface area contributed by atoms with E-state index in [-0.39, 0.29) is 11.8 Å². The molecule has 1 fully saturated rings. The Morgan fingerprint density at radius 1 is 1.19 bits per heavy atom. The lowest BCUT2D eigenvalue weighted by molar-refractivity contribution is -0.121. The molecule has 1 aliphatic heterocycles. The molecule has 26 heavy (non-hydrogen) atoms. The SMILES string of the molecule is N#CCCN1CCCC(C(=O)Nc2ccc(Cc3ccncc3)cc2)C1. The molecule has 1 aromatic heterocycles. The molecule has 1 saturated heterocycles. The third kappa shape index (κ3) is 5.14. The molecule has 1 amide bonds. The zero-order valence-corrected chi connectivity index (χ0v) is 14.9. The number of benzene rings is 1. The van der Waals surface area contributed by atoms with Gasteiger partial charge in [-0.15, -0.1) is 0 Å². The molecule has 1 aromatic carbocycles. The highest BCUT2D eigenvalue weighted by Gasteiger charge is 2.25. The van der Waals surface area contributed by atoms with Gasteiger partial charge in [-0.25, -0.2) is 0 Å². The van der Waals surface area contributed by atoms with Gasteiger partial charge >= 0.3 is 0 Å². The first-order valence-corrected chi connectivity index (χ1v) is 9.12. The summed E-state index contributed by atoms with van der Waals surface area (Å²) in [7, 11) is 0. The molecular formula is C21H24N4O.